The van der Waals surface area contributed by atoms with Crippen molar-refractivity contribution in [3.8, 4) is 16.9 Å². The molecule has 292 valence electrons. The Labute approximate surface area is 313 Å². The Balaban J connectivity index is 1.46. The zero-order valence-corrected chi connectivity index (χ0v) is 32.7. The molecule has 2 aromatic carbocycles. The predicted molar refractivity (Wildman–Crippen MR) is 202 cm³/mol. The summed E-state index contributed by atoms with van der Waals surface area (Å²) >= 11 is 0. The van der Waals surface area contributed by atoms with Crippen LogP contribution in [0, 0.1) is 45.1 Å². The van der Waals surface area contributed by atoms with Gasteiger partial charge in [0.25, 0.3) is 11.6 Å². The maximum Gasteiger partial charge on any atom is 0.277 e. The number of amides is 2. The number of hydroxylamine groups is 2. The molecule has 13 heteroatoms. The molecule has 3 saturated carbocycles. The molecule has 4 aliphatic rings. The van der Waals surface area contributed by atoms with Crippen molar-refractivity contribution < 1.29 is 34.3 Å². The molecule has 1 heterocycles. The number of nitrogens with zero attached hydrogens (tertiary/aromatic N) is 3. The van der Waals surface area contributed by atoms with E-state index in [0.717, 1.165) is 12.8 Å². The molecule has 4 fully saturated rings. The highest BCUT2D eigenvalue weighted by Gasteiger charge is 2.57. The van der Waals surface area contributed by atoms with Crippen LogP contribution in [0.3, 0.4) is 0 Å². The normalized spacial score (nSPS) is 27.6. The smallest absolute Gasteiger partial charge is 0.277 e. The second-order valence-electron chi connectivity index (χ2n) is 16.8. The molecule has 0 radical (unpaired) electrons. The van der Waals surface area contributed by atoms with Gasteiger partial charge < -0.3 is 30.5 Å². The van der Waals surface area contributed by atoms with Crippen molar-refractivity contribution in [2.75, 3.05) is 34.4 Å². The summed E-state index contributed by atoms with van der Waals surface area (Å²) in [6, 6.07) is 8.45. The van der Waals surface area contributed by atoms with Gasteiger partial charge in [0.1, 0.15) is 17.9 Å². The van der Waals surface area contributed by atoms with Crippen LogP contribution in [-0.4, -0.2) is 102 Å². The van der Waals surface area contributed by atoms with Crippen molar-refractivity contribution in [2.24, 2.45) is 35.0 Å². The van der Waals surface area contributed by atoms with E-state index in [0.29, 0.717) is 41.2 Å². The maximum atomic E-state index is 14.2. The van der Waals surface area contributed by atoms with E-state index in [2.05, 4.69) is 45.3 Å². The van der Waals surface area contributed by atoms with Crippen LogP contribution in [0.25, 0.3) is 11.1 Å². The van der Waals surface area contributed by atoms with Crippen molar-refractivity contribution in [2.45, 2.75) is 97.7 Å². The average molecular weight is 738 g/mol. The molecule has 13 nitrogen and oxygen atoms in total. The molecule has 1 aliphatic heterocycles. The van der Waals surface area contributed by atoms with Crippen molar-refractivity contribution in [3.63, 3.8) is 0 Å². The van der Waals surface area contributed by atoms with E-state index < -0.39 is 35.7 Å². The van der Waals surface area contributed by atoms with Gasteiger partial charge in [0.2, 0.25) is 5.91 Å². The minimum atomic E-state index is -0.966. The fourth-order valence-electron chi connectivity index (χ4n) is 9.32. The fraction of sp³-hybridized carbons (Fsp3) is 0.650. The topological polar surface area (TPSA) is 167 Å². The summed E-state index contributed by atoms with van der Waals surface area (Å²) in [5.74, 6) is 0.652. The lowest BCUT2D eigenvalue weighted by Gasteiger charge is -2.62. The van der Waals surface area contributed by atoms with Gasteiger partial charge in [-0.2, -0.15) is 5.06 Å². The fourth-order valence-corrected chi connectivity index (χ4v) is 9.32. The lowest BCUT2D eigenvalue weighted by atomic mass is 9.45. The van der Waals surface area contributed by atoms with Crippen LogP contribution < -0.4 is 15.4 Å². The van der Waals surface area contributed by atoms with Crippen molar-refractivity contribution >= 4 is 17.5 Å². The average Bonchev–Trinajstić information content (AvgIpc) is 3.46. The third-order valence-electron chi connectivity index (χ3n) is 12.1. The first kappa shape index (κ1) is 40.6. The van der Waals surface area contributed by atoms with E-state index in [-0.39, 0.29) is 58.6 Å². The SMILES string of the molecule is COc1c(CN2O[C@@H](CO)[C@@H]([C@H](C)O)[C@H]2C(=O)N[C@H]2C[C@H]3CC([C@@H]2C)C3(C)C)cccc1-c1cc(C(=O)N[C@@H](CC(C)C)CN(C)C)ccc1[N+](=O)[O-]. The zero-order chi connectivity index (χ0) is 38.9. The van der Waals surface area contributed by atoms with Gasteiger partial charge in [-0.05, 0) is 81.5 Å². The number of hydrogen-bond acceptors (Lipinski definition) is 10. The number of likely N-dealkylation sites (N-methyl/N-ethyl adjacent to an activating group) is 1. The van der Waals surface area contributed by atoms with E-state index in [1.807, 2.05) is 19.0 Å². The minimum Gasteiger partial charge on any atom is -0.496 e. The molecule has 6 rings (SSSR count). The van der Waals surface area contributed by atoms with Crippen molar-refractivity contribution in [1.82, 2.24) is 20.6 Å². The molecule has 2 amide bonds. The van der Waals surface area contributed by atoms with E-state index in [4.69, 9.17) is 9.57 Å². The number of benzene rings is 2. The first-order valence-corrected chi connectivity index (χ1v) is 18.9. The maximum absolute atomic E-state index is 14.2. The molecule has 4 N–H and O–H groups in total. The molecule has 53 heavy (non-hydrogen) atoms. The van der Waals surface area contributed by atoms with Crippen LogP contribution in [-0.2, 0) is 16.2 Å². The molecule has 0 aromatic heterocycles. The minimum absolute atomic E-state index is 0.0166. The van der Waals surface area contributed by atoms with Crippen LogP contribution in [0.5, 0.6) is 5.75 Å². The van der Waals surface area contributed by atoms with Gasteiger partial charge in [-0.3, -0.25) is 24.5 Å². The van der Waals surface area contributed by atoms with Crippen LogP contribution >= 0.6 is 0 Å². The lowest BCUT2D eigenvalue weighted by molar-refractivity contribution is -0.384. The van der Waals surface area contributed by atoms with Crippen LogP contribution in [0.4, 0.5) is 5.69 Å². The summed E-state index contributed by atoms with van der Waals surface area (Å²) in [6.45, 7) is 12.8. The number of nitro benzene ring substituents is 1. The number of rotatable bonds is 15. The summed E-state index contributed by atoms with van der Waals surface area (Å²) in [6.07, 6.45) is 1.01. The van der Waals surface area contributed by atoms with Gasteiger partial charge in [-0.1, -0.05) is 52.8 Å². The number of ether oxygens (including phenoxy) is 1. The van der Waals surface area contributed by atoms with E-state index >= 15 is 0 Å². The number of carbonyl (C=O) groups excluding carboxylic acids is 2. The summed E-state index contributed by atoms with van der Waals surface area (Å²) in [7, 11) is 5.35. The van der Waals surface area contributed by atoms with Crippen molar-refractivity contribution in [3.05, 3.63) is 57.6 Å². The number of carbonyl (C=O) groups is 2. The second-order valence-corrected chi connectivity index (χ2v) is 16.8. The summed E-state index contributed by atoms with van der Waals surface area (Å²) < 4.78 is 5.91. The molecule has 0 spiro atoms. The highest BCUT2D eigenvalue weighted by molar-refractivity contribution is 5.97. The Bertz CT molecular complexity index is 1640. The van der Waals surface area contributed by atoms with Crippen LogP contribution in [0.2, 0.25) is 0 Å². The number of nitrogens with one attached hydrogen (secondary N) is 2. The summed E-state index contributed by atoms with van der Waals surface area (Å²) in [5, 5.41) is 41.4. The largest absolute Gasteiger partial charge is 0.496 e. The van der Waals surface area contributed by atoms with Crippen molar-refractivity contribution in [1.29, 1.82) is 0 Å². The highest BCUT2D eigenvalue weighted by atomic mass is 16.7. The molecular formula is C40H59N5O8. The lowest BCUT2D eigenvalue weighted by Crippen LogP contribution is -2.62. The molecule has 2 aromatic rings. The second kappa shape index (κ2) is 16.4. The summed E-state index contributed by atoms with van der Waals surface area (Å²) in [5.41, 5.74) is 1.47. The molecule has 9 atom stereocenters. The Morgan fingerprint density at radius 2 is 1.87 bits per heavy atom. The molecule has 1 unspecified atom stereocenters. The number of methoxy groups -OCH3 is 1. The zero-order valence-electron chi connectivity index (χ0n) is 32.7. The Morgan fingerprint density at radius 3 is 2.43 bits per heavy atom. The molecular weight excluding hydrogens is 678 g/mol. The van der Waals surface area contributed by atoms with Gasteiger partial charge in [0, 0.05) is 47.3 Å². The van der Waals surface area contributed by atoms with Gasteiger partial charge in [0.05, 0.1) is 36.9 Å². The summed E-state index contributed by atoms with van der Waals surface area (Å²) in [4.78, 5) is 47.8. The Morgan fingerprint density at radius 1 is 1.15 bits per heavy atom. The third-order valence-corrected chi connectivity index (χ3v) is 12.1. The van der Waals surface area contributed by atoms with Gasteiger partial charge >= 0.3 is 0 Å². The predicted octanol–water partition coefficient (Wildman–Crippen LogP) is 4.64. The van der Waals surface area contributed by atoms with Crippen LogP contribution in [0.1, 0.15) is 76.7 Å². The number of nitro groups is 1. The van der Waals surface area contributed by atoms with E-state index in [1.165, 1.54) is 36.8 Å². The monoisotopic (exact) mass is 737 g/mol. The Hall–Kier alpha value is -3.62. The first-order chi connectivity index (χ1) is 25.0. The van der Waals surface area contributed by atoms with E-state index in [9.17, 15) is 29.9 Å². The third kappa shape index (κ3) is 8.39. The number of fused-ring (bicyclic) bond motifs is 2. The standard InChI is InChI=1S/C40H59N5O8/c1-22(2)15-28(20-43(7)8)41-38(48)25-13-14-33(45(50)51)30(16-25)29-12-10-11-26(37(29)52-9)19-44-36(35(24(4)47)34(21-46)53-44)39(49)42-32-18-27-17-31(23(32)3)40(27,5)6/h10-14,16,22-24,27-28,31-32,34-36,46-47H,15,17-21H2,1-9H3,(H,41,48)(H,42,49)/t23-,24-,27+,28-,31?,32-,34-,35+,36-/m0/s1. The number of para-hydroxylation sites is 1. The van der Waals surface area contributed by atoms with Gasteiger partial charge in [-0.25, -0.2) is 0 Å². The first-order valence-electron chi connectivity index (χ1n) is 18.9. The quantitative estimate of drug-likeness (QED) is 0.150. The number of aliphatic hydroxyl groups excluding tert-OH is 2. The number of hydrogen-bond donors (Lipinski definition) is 4. The highest BCUT2D eigenvalue weighted by Crippen LogP contribution is 2.61. The number of aliphatic hydroxyl groups is 2. The molecule has 1 saturated heterocycles. The molecule has 3 aliphatic carbocycles. The molecule has 2 bridgehead atoms. The van der Waals surface area contributed by atoms with Gasteiger partial charge in [0.15, 0.2) is 0 Å². The van der Waals surface area contributed by atoms with Gasteiger partial charge in [-0.15, -0.1) is 0 Å². The Kier molecular flexibility index (Phi) is 12.6. The van der Waals surface area contributed by atoms with E-state index in [1.54, 1.807) is 25.1 Å². The van der Waals surface area contributed by atoms with Crippen LogP contribution in [0.15, 0.2) is 36.4 Å².